The molecule has 0 radical (unpaired) electrons. The highest BCUT2D eigenvalue weighted by molar-refractivity contribution is 6.76. The minimum absolute atomic E-state index is 0.0250. The summed E-state index contributed by atoms with van der Waals surface area (Å²) in [5.74, 6) is -0.253. The lowest BCUT2D eigenvalue weighted by Gasteiger charge is -2.34. The van der Waals surface area contributed by atoms with E-state index in [9.17, 15) is 9.59 Å². The third kappa shape index (κ3) is 5.45. The zero-order chi connectivity index (χ0) is 22.6. The van der Waals surface area contributed by atoms with Gasteiger partial charge in [-0.25, -0.2) is 9.78 Å². The number of rotatable bonds is 9. The SMILES string of the molecule is C[Si](C)(C)CCOCN1C(=O)C2(CCC(Cl)=C(CCC=CC(=O)O)C2)c2cccnc21. The summed E-state index contributed by atoms with van der Waals surface area (Å²) in [6.07, 6.45) is 7.51. The molecule has 6 nitrogen and oxygen atoms in total. The molecule has 1 N–H and O–H groups in total. The highest BCUT2D eigenvalue weighted by Gasteiger charge is 2.53. The first-order chi connectivity index (χ1) is 14.6. The number of hydrogen-bond donors (Lipinski definition) is 1. The Balaban J connectivity index is 1.77. The monoisotopic (exact) mass is 462 g/mol. The van der Waals surface area contributed by atoms with Crippen LogP contribution >= 0.6 is 11.6 Å². The number of carbonyl (C=O) groups is 2. The van der Waals surface area contributed by atoms with Gasteiger partial charge < -0.3 is 9.84 Å². The van der Waals surface area contributed by atoms with Gasteiger partial charge in [-0.1, -0.05) is 49.0 Å². The second kappa shape index (κ2) is 9.67. The van der Waals surface area contributed by atoms with Crippen LogP contribution in [0.4, 0.5) is 5.82 Å². The fraction of sp³-hybridized carbons (Fsp3) is 0.522. The predicted octanol–water partition coefficient (Wildman–Crippen LogP) is 5.08. The minimum Gasteiger partial charge on any atom is -0.478 e. The number of aromatic nitrogens is 1. The van der Waals surface area contributed by atoms with E-state index in [1.165, 1.54) is 0 Å². The molecule has 1 spiro atoms. The Labute approximate surface area is 190 Å². The quantitative estimate of drug-likeness (QED) is 0.314. The number of aliphatic carboxylic acids is 1. The van der Waals surface area contributed by atoms with Crippen molar-refractivity contribution in [2.24, 2.45) is 0 Å². The van der Waals surface area contributed by atoms with E-state index in [1.54, 1.807) is 17.2 Å². The Bertz CT molecular complexity index is 909. The molecule has 31 heavy (non-hydrogen) atoms. The van der Waals surface area contributed by atoms with E-state index in [2.05, 4.69) is 24.6 Å². The molecule has 1 unspecified atom stereocenters. The first-order valence-electron chi connectivity index (χ1n) is 10.8. The van der Waals surface area contributed by atoms with Crippen molar-refractivity contribution in [3.63, 3.8) is 0 Å². The molecule has 1 aromatic heterocycles. The standard InChI is InChI=1S/C23H31ClN2O4Si/c1-31(2,3)14-13-30-16-26-21-18(8-6-12-25-21)23(22(26)29)11-10-19(24)17(15-23)7-4-5-9-20(27)28/h5-6,8-9,12H,4,7,10-11,13-16H2,1-3H3,(H,27,28). The molecule has 2 heterocycles. The molecular weight excluding hydrogens is 432 g/mol. The maximum absolute atomic E-state index is 13.7. The molecule has 0 fully saturated rings. The molecule has 3 rings (SSSR count). The molecule has 1 aromatic rings. The van der Waals surface area contributed by atoms with Crippen LogP contribution in [0.3, 0.4) is 0 Å². The number of amides is 1. The van der Waals surface area contributed by atoms with Gasteiger partial charge >= 0.3 is 5.97 Å². The molecule has 1 atom stereocenters. The fourth-order valence-corrected chi connectivity index (χ4v) is 5.25. The lowest BCUT2D eigenvalue weighted by atomic mass is 9.69. The number of halogens is 1. The minimum atomic E-state index is -1.21. The predicted molar refractivity (Wildman–Crippen MR) is 125 cm³/mol. The van der Waals surface area contributed by atoms with Gasteiger partial charge in [0.05, 0.1) is 5.41 Å². The van der Waals surface area contributed by atoms with Crippen LogP contribution in [0.1, 0.15) is 37.7 Å². The van der Waals surface area contributed by atoms with Crippen LogP contribution in [0.2, 0.25) is 25.7 Å². The average Bonchev–Trinajstić information content (AvgIpc) is 2.92. The first-order valence-corrected chi connectivity index (χ1v) is 14.8. The van der Waals surface area contributed by atoms with Gasteiger partial charge in [0.1, 0.15) is 12.5 Å². The van der Waals surface area contributed by atoms with Crippen LogP contribution in [0.15, 0.2) is 41.1 Å². The summed E-state index contributed by atoms with van der Waals surface area (Å²) in [5.41, 5.74) is 1.29. The summed E-state index contributed by atoms with van der Waals surface area (Å²) in [7, 11) is -1.21. The largest absolute Gasteiger partial charge is 0.478 e. The molecule has 0 bridgehead atoms. The molecule has 8 heteroatoms. The number of carboxylic acid groups (broad SMARTS) is 1. The molecule has 168 valence electrons. The summed E-state index contributed by atoms with van der Waals surface area (Å²) in [5, 5.41) is 9.57. The molecule has 0 saturated heterocycles. The van der Waals surface area contributed by atoms with Gasteiger partial charge in [-0.05, 0) is 44.2 Å². The van der Waals surface area contributed by atoms with E-state index in [-0.39, 0.29) is 12.6 Å². The van der Waals surface area contributed by atoms with Gasteiger partial charge in [0.25, 0.3) is 0 Å². The van der Waals surface area contributed by atoms with Crippen LogP contribution < -0.4 is 4.90 Å². The Morgan fingerprint density at radius 3 is 2.90 bits per heavy atom. The number of ether oxygens (including phenoxy) is 1. The van der Waals surface area contributed by atoms with E-state index in [0.717, 1.165) is 28.3 Å². The van der Waals surface area contributed by atoms with Gasteiger partial charge in [0, 0.05) is 37.5 Å². The van der Waals surface area contributed by atoms with Crippen LogP contribution in [0.25, 0.3) is 0 Å². The van der Waals surface area contributed by atoms with E-state index in [4.69, 9.17) is 21.4 Å². The third-order valence-electron chi connectivity index (χ3n) is 5.97. The molecular formula is C23H31ClN2O4Si. The number of fused-ring (bicyclic) bond motifs is 2. The van der Waals surface area contributed by atoms with Crippen LogP contribution in [-0.4, -0.2) is 43.4 Å². The zero-order valence-electron chi connectivity index (χ0n) is 18.5. The second-order valence-corrected chi connectivity index (χ2v) is 15.6. The van der Waals surface area contributed by atoms with Crippen molar-refractivity contribution >= 4 is 37.4 Å². The number of anilines is 1. The van der Waals surface area contributed by atoms with Crippen LogP contribution in [0, 0.1) is 0 Å². The first kappa shape index (κ1) is 23.7. The highest BCUT2D eigenvalue weighted by atomic mass is 35.5. The zero-order valence-corrected chi connectivity index (χ0v) is 20.2. The van der Waals surface area contributed by atoms with E-state index >= 15 is 0 Å². The maximum atomic E-state index is 13.7. The van der Waals surface area contributed by atoms with E-state index in [0.29, 0.717) is 44.5 Å². The van der Waals surface area contributed by atoms with Crippen molar-refractivity contribution < 1.29 is 19.4 Å². The number of carboxylic acids is 1. The van der Waals surface area contributed by atoms with Crippen molar-refractivity contribution in [1.29, 1.82) is 0 Å². The average molecular weight is 463 g/mol. The van der Waals surface area contributed by atoms with Crippen LogP contribution in [0.5, 0.6) is 0 Å². The molecule has 0 saturated carbocycles. The Morgan fingerprint density at radius 1 is 1.42 bits per heavy atom. The summed E-state index contributed by atoms with van der Waals surface area (Å²) in [6, 6.07) is 4.91. The maximum Gasteiger partial charge on any atom is 0.327 e. The van der Waals surface area contributed by atoms with Gasteiger partial charge in [0.15, 0.2) is 0 Å². The van der Waals surface area contributed by atoms with Crippen molar-refractivity contribution in [2.75, 3.05) is 18.2 Å². The van der Waals surface area contributed by atoms with E-state index < -0.39 is 19.5 Å². The Morgan fingerprint density at radius 2 is 2.19 bits per heavy atom. The normalized spacial score (nSPS) is 21.4. The van der Waals surface area contributed by atoms with Crippen molar-refractivity contribution in [2.45, 2.75) is 63.2 Å². The smallest absolute Gasteiger partial charge is 0.327 e. The van der Waals surface area contributed by atoms with Gasteiger partial charge in [-0.15, -0.1) is 0 Å². The van der Waals surface area contributed by atoms with Crippen molar-refractivity contribution in [1.82, 2.24) is 4.98 Å². The molecule has 1 amide bonds. The number of allylic oxidation sites excluding steroid dienone is 3. The summed E-state index contributed by atoms with van der Waals surface area (Å²) in [4.78, 5) is 30.6. The van der Waals surface area contributed by atoms with Crippen molar-refractivity contribution in [3.8, 4) is 0 Å². The Kier molecular flexibility index (Phi) is 7.39. The lowest BCUT2D eigenvalue weighted by molar-refractivity contribution is -0.131. The second-order valence-electron chi connectivity index (χ2n) is 9.50. The fourth-order valence-electron chi connectivity index (χ4n) is 4.24. The third-order valence-corrected chi connectivity index (χ3v) is 8.13. The summed E-state index contributed by atoms with van der Waals surface area (Å²) >= 11 is 6.52. The van der Waals surface area contributed by atoms with Crippen LogP contribution in [-0.2, 0) is 19.7 Å². The lowest BCUT2D eigenvalue weighted by Crippen LogP contribution is -2.43. The number of nitrogens with zero attached hydrogens (tertiary/aromatic N) is 2. The Hall–Kier alpha value is -1.96. The summed E-state index contributed by atoms with van der Waals surface area (Å²) in [6.45, 7) is 7.75. The molecule has 0 aromatic carbocycles. The topological polar surface area (TPSA) is 79.7 Å². The van der Waals surface area contributed by atoms with Gasteiger partial charge in [-0.2, -0.15) is 0 Å². The van der Waals surface area contributed by atoms with Gasteiger partial charge in [-0.3, -0.25) is 9.69 Å². The van der Waals surface area contributed by atoms with E-state index in [1.807, 2.05) is 12.1 Å². The van der Waals surface area contributed by atoms with Crippen molar-refractivity contribution in [3.05, 3.63) is 46.7 Å². The summed E-state index contributed by atoms with van der Waals surface area (Å²) < 4.78 is 5.90. The molecule has 1 aliphatic heterocycles. The number of pyridine rings is 1. The van der Waals surface area contributed by atoms with Gasteiger partial charge in [0.2, 0.25) is 5.91 Å². The molecule has 1 aliphatic carbocycles. The highest BCUT2D eigenvalue weighted by Crippen LogP contribution is 2.51. The number of carbonyl (C=O) groups excluding carboxylic acids is 1. The number of hydrogen-bond acceptors (Lipinski definition) is 4. The molecule has 2 aliphatic rings.